The van der Waals surface area contributed by atoms with Crippen molar-refractivity contribution in [3.8, 4) is 0 Å². The standard InChI is InChI=1S/C15H17Cl2NO4/c1-22-3-2-18(8-14(19)20)15(21)13-7-12(13)9-4-10(16)6-11(17)5-9/h4-6,12-13H,2-3,7-8H2,1H3,(H,19,20). The minimum absolute atomic E-state index is 0.0440. The Bertz CT molecular complexity index is 558. The number of aliphatic carboxylic acids is 1. The number of hydrogen-bond acceptors (Lipinski definition) is 3. The molecule has 2 unspecified atom stereocenters. The van der Waals surface area contributed by atoms with E-state index in [1.54, 1.807) is 18.2 Å². The Morgan fingerprint density at radius 2 is 1.95 bits per heavy atom. The second-order valence-corrected chi connectivity index (χ2v) is 6.17. The molecular formula is C15H17Cl2NO4. The van der Waals surface area contributed by atoms with Gasteiger partial charge in [-0.25, -0.2) is 0 Å². The van der Waals surface area contributed by atoms with Gasteiger partial charge in [-0.3, -0.25) is 9.59 Å². The summed E-state index contributed by atoms with van der Waals surface area (Å²) in [5.74, 6) is -1.37. The molecule has 0 spiro atoms. The van der Waals surface area contributed by atoms with Crippen molar-refractivity contribution < 1.29 is 19.4 Å². The third-order valence-electron chi connectivity index (χ3n) is 3.62. The number of amides is 1. The highest BCUT2D eigenvalue weighted by Gasteiger charge is 2.46. The first-order valence-electron chi connectivity index (χ1n) is 6.88. The first-order valence-corrected chi connectivity index (χ1v) is 7.63. The first-order chi connectivity index (χ1) is 10.4. The molecule has 0 radical (unpaired) electrons. The van der Waals surface area contributed by atoms with E-state index in [9.17, 15) is 9.59 Å². The van der Waals surface area contributed by atoms with Gasteiger partial charge in [0, 0.05) is 29.6 Å². The fourth-order valence-electron chi connectivity index (χ4n) is 2.49. The van der Waals surface area contributed by atoms with Gasteiger partial charge in [-0.2, -0.15) is 0 Å². The zero-order valence-corrected chi connectivity index (χ0v) is 13.6. The predicted molar refractivity (Wildman–Crippen MR) is 83.4 cm³/mol. The molecular weight excluding hydrogens is 329 g/mol. The van der Waals surface area contributed by atoms with Gasteiger partial charge in [0.1, 0.15) is 6.54 Å². The minimum atomic E-state index is -1.03. The fraction of sp³-hybridized carbons (Fsp3) is 0.467. The normalized spacial score (nSPS) is 19.8. The van der Waals surface area contributed by atoms with Crippen LogP contribution in [0.5, 0.6) is 0 Å². The third-order valence-corrected chi connectivity index (χ3v) is 4.06. The van der Waals surface area contributed by atoms with Crippen molar-refractivity contribution in [2.75, 3.05) is 26.8 Å². The number of nitrogens with zero attached hydrogens (tertiary/aromatic N) is 1. The van der Waals surface area contributed by atoms with Crippen molar-refractivity contribution in [1.29, 1.82) is 0 Å². The van der Waals surface area contributed by atoms with Gasteiger partial charge in [-0.05, 0) is 36.1 Å². The summed E-state index contributed by atoms with van der Waals surface area (Å²) < 4.78 is 4.93. The van der Waals surface area contributed by atoms with Crippen molar-refractivity contribution in [3.63, 3.8) is 0 Å². The lowest BCUT2D eigenvalue weighted by atomic mass is 10.1. The van der Waals surface area contributed by atoms with Crippen LogP contribution >= 0.6 is 23.2 Å². The summed E-state index contributed by atoms with van der Waals surface area (Å²) in [7, 11) is 1.51. The predicted octanol–water partition coefficient (Wildman–Crippen LogP) is 2.66. The zero-order chi connectivity index (χ0) is 16.3. The summed E-state index contributed by atoms with van der Waals surface area (Å²) in [6.45, 7) is 0.252. The maximum atomic E-state index is 12.4. The van der Waals surface area contributed by atoms with E-state index >= 15 is 0 Å². The van der Waals surface area contributed by atoms with E-state index in [2.05, 4.69) is 0 Å². The van der Waals surface area contributed by atoms with Crippen molar-refractivity contribution in [2.24, 2.45) is 5.92 Å². The minimum Gasteiger partial charge on any atom is -0.480 e. The Morgan fingerprint density at radius 3 is 2.50 bits per heavy atom. The highest BCUT2D eigenvalue weighted by molar-refractivity contribution is 6.34. The average Bonchev–Trinajstić information content (AvgIpc) is 3.21. The largest absolute Gasteiger partial charge is 0.480 e. The second kappa shape index (κ2) is 7.31. The van der Waals surface area contributed by atoms with Gasteiger partial charge >= 0.3 is 5.97 Å². The molecule has 120 valence electrons. The van der Waals surface area contributed by atoms with Crippen molar-refractivity contribution in [1.82, 2.24) is 4.90 Å². The van der Waals surface area contributed by atoms with Gasteiger partial charge in [0.05, 0.1) is 6.61 Å². The Balaban J connectivity index is 2.04. The van der Waals surface area contributed by atoms with E-state index in [0.29, 0.717) is 23.1 Å². The molecule has 1 aromatic carbocycles. The van der Waals surface area contributed by atoms with E-state index in [0.717, 1.165) is 5.56 Å². The van der Waals surface area contributed by atoms with E-state index in [1.165, 1.54) is 12.0 Å². The number of carbonyl (C=O) groups is 2. The lowest BCUT2D eigenvalue weighted by molar-refractivity contribution is -0.145. The Kier molecular flexibility index (Phi) is 5.67. The molecule has 0 aliphatic heterocycles. The molecule has 22 heavy (non-hydrogen) atoms. The van der Waals surface area contributed by atoms with Gasteiger partial charge in [-0.15, -0.1) is 0 Å². The van der Waals surface area contributed by atoms with Crippen molar-refractivity contribution in [3.05, 3.63) is 33.8 Å². The van der Waals surface area contributed by atoms with Crippen LogP contribution in [0.1, 0.15) is 17.9 Å². The zero-order valence-electron chi connectivity index (χ0n) is 12.1. The molecule has 2 rings (SSSR count). The molecule has 1 amide bonds. The molecule has 5 nitrogen and oxygen atoms in total. The summed E-state index contributed by atoms with van der Waals surface area (Å²) >= 11 is 12.0. The van der Waals surface area contributed by atoms with Gasteiger partial charge in [0.15, 0.2) is 0 Å². The van der Waals surface area contributed by atoms with Gasteiger partial charge in [-0.1, -0.05) is 23.2 Å². The molecule has 2 atom stereocenters. The monoisotopic (exact) mass is 345 g/mol. The van der Waals surface area contributed by atoms with E-state index in [1.807, 2.05) is 0 Å². The second-order valence-electron chi connectivity index (χ2n) is 5.30. The van der Waals surface area contributed by atoms with Crippen LogP contribution in [0, 0.1) is 5.92 Å². The van der Waals surface area contributed by atoms with Crippen LogP contribution in [-0.2, 0) is 14.3 Å². The molecule has 1 aliphatic rings. The van der Waals surface area contributed by atoms with E-state index < -0.39 is 5.97 Å². The molecule has 0 heterocycles. The van der Waals surface area contributed by atoms with Crippen molar-refractivity contribution >= 4 is 35.1 Å². The number of carbonyl (C=O) groups excluding carboxylic acids is 1. The molecule has 1 aliphatic carbocycles. The molecule has 1 aromatic rings. The number of rotatable bonds is 7. The van der Waals surface area contributed by atoms with Crippen LogP contribution in [-0.4, -0.2) is 48.7 Å². The average molecular weight is 346 g/mol. The van der Waals surface area contributed by atoms with E-state index in [4.69, 9.17) is 33.0 Å². The highest BCUT2D eigenvalue weighted by atomic mass is 35.5. The molecule has 0 aromatic heterocycles. The Labute approximate surface area is 138 Å². The number of ether oxygens (including phenoxy) is 1. The third kappa shape index (κ3) is 4.35. The van der Waals surface area contributed by atoms with Crippen LogP contribution in [0.25, 0.3) is 0 Å². The molecule has 0 saturated heterocycles. The van der Waals surface area contributed by atoms with Crippen LogP contribution < -0.4 is 0 Å². The van der Waals surface area contributed by atoms with Crippen LogP contribution in [0.4, 0.5) is 0 Å². The SMILES string of the molecule is COCCN(CC(=O)O)C(=O)C1CC1c1cc(Cl)cc(Cl)c1. The summed E-state index contributed by atoms with van der Waals surface area (Å²) in [5, 5.41) is 9.98. The summed E-state index contributed by atoms with van der Waals surface area (Å²) in [4.78, 5) is 24.7. The highest BCUT2D eigenvalue weighted by Crippen LogP contribution is 2.49. The van der Waals surface area contributed by atoms with Crippen molar-refractivity contribution in [2.45, 2.75) is 12.3 Å². The number of hydrogen-bond donors (Lipinski definition) is 1. The molecule has 1 N–H and O–H groups in total. The lowest BCUT2D eigenvalue weighted by Gasteiger charge is -2.20. The summed E-state index contributed by atoms with van der Waals surface area (Å²) in [5.41, 5.74) is 0.915. The smallest absolute Gasteiger partial charge is 0.323 e. The van der Waals surface area contributed by atoms with Crippen LogP contribution in [0.2, 0.25) is 10.0 Å². The number of benzene rings is 1. The molecule has 7 heteroatoms. The summed E-state index contributed by atoms with van der Waals surface area (Å²) in [6.07, 6.45) is 0.679. The van der Waals surface area contributed by atoms with Crippen LogP contribution in [0.3, 0.4) is 0 Å². The van der Waals surface area contributed by atoms with Crippen LogP contribution in [0.15, 0.2) is 18.2 Å². The molecule has 1 fully saturated rings. The first kappa shape index (κ1) is 17.1. The maximum Gasteiger partial charge on any atom is 0.323 e. The Hall–Kier alpha value is -1.30. The number of carboxylic acid groups (broad SMARTS) is 1. The van der Waals surface area contributed by atoms with E-state index in [-0.39, 0.29) is 30.8 Å². The Morgan fingerprint density at radius 1 is 1.32 bits per heavy atom. The van der Waals surface area contributed by atoms with Gasteiger partial charge in [0.25, 0.3) is 0 Å². The summed E-state index contributed by atoms with van der Waals surface area (Å²) in [6, 6.07) is 5.23. The number of methoxy groups -OCH3 is 1. The number of carboxylic acids is 1. The fourth-order valence-corrected chi connectivity index (χ4v) is 3.03. The maximum absolute atomic E-state index is 12.4. The van der Waals surface area contributed by atoms with Gasteiger partial charge < -0.3 is 14.7 Å². The van der Waals surface area contributed by atoms with Gasteiger partial charge in [0.2, 0.25) is 5.91 Å². The number of halogens is 2. The quantitative estimate of drug-likeness (QED) is 0.824. The topological polar surface area (TPSA) is 66.8 Å². The lowest BCUT2D eigenvalue weighted by Crippen LogP contribution is -2.39. The molecule has 1 saturated carbocycles. The molecule has 0 bridgehead atoms.